The normalized spacial score (nSPS) is 32.9. The topological polar surface area (TPSA) is 49.8 Å². The molecule has 0 radical (unpaired) electrons. The quantitative estimate of drug-likeness (QED) is 0.753. The maximum absolute atomic E-state index is 12.1. The minimum atomic E-state index is -0.668. The number of ether oxygens (including phenoxy) is 1. The van der Waals surface area contributed by atoms with Gasteiger partial charge in [-0.15, -0.1) is 0 Å². The molecule has 2 unspecified atom stereocenters. The van der Waals surface area contributed by atoms with Crippen LogP contribution in [0.25, 0.3) is 0 Å². The van der Waals surface area contributed by atoms with Crippen molar-refractivity contribution in [3.8, 4) is 0 Å². The maximum atomic E-state index is 12.1. The van der Waals surface area contributed by atoms with Gasteiger partial charge in [-0.05, 0) is 19.3 Å². The highest BCUT2D eigenvalue weighted by Gasteiger charge is 2.48. The lowest BCUT2D eigenvalue weighted by atomic mass is 9.82. The zero-order valence-corrected chi connectivity index (χ0v) is 10.3. The average molecular weight is 227 g/mol. The summed E-state index contributed by atoms with van der Waals surface area (Å²) >= 11 is 0. The van der Waals surface area contributed by atoms with Crippen LogP contribution >= 0.6 is 0 Å². The second-order valence-electron chi connectivity index (χ2n) is 5.42. The van der Waals surface area contributed by atoms with Crippen LogP contribution in [-0.2, 0) is 9.53 Å². The Morgan fingerprint density at radius 3 is 2.56 bits per heavy atom. The minimum Gasteiger partial charge on any atom is -0.386 e. The molecule has 16 heavy (non-hydrogen) atoms. The number of amides is 1. The summed E-state index contributed by atoms with van der Waals surface area (Å²) < 4.78 is 5.39. The van der Waals surface area contributed by atoms with Crippen molar-refractivity contribution >= 4 is 5.91 Å². The van der Waals surface area contributed by atoms with Crippen LogP contribution in [0.15, 0.2) is 0 Å². The van der Waals surface area contributed by atoms with Gasteiger partial charge in [-0.3, -0.25) is 4.79 Å². The van der Waals surface area contributed by atoms with Gasteiger partial charge in [0, 0.05) is 6.61 Å². The summed E-state index contributed by atoms with van der Waals surface area (Å²) in [5.74, 6) is 0.348. The molecule has 2 heterocycles. The molecule has 4 nitrogen and oxygen atoms in total. The molecule has 1 amide bonds. The third-order valence-corrected chi connectivity index (χ3v) is 4.01. The zero-order chi connectivity index (χ0) is 11.9. The van der Waals surface area contributed by atoms with E-state index in [0.29, 0.717) is 19.7 Å². The molecule has 2 saturated heterocycles. The van der Waals surface area contributed by atoms with Crippen LogP contribution < -0.4 is 0 Å². The smallest absolute Gasteiger partial charge is 0.228 e. The second-order valence-corrected chi connectivity index (χ2v) is 5.42. The highest BCUT2D eigenvalue weighted by Crippen LogP contribution is 2.32. The van der Waals surface area contributed by atoms with E-state index in [-0.39, 0.29) is 23.8 Å². The summed E-state index contributed by atoms with van der Waals surface area (Å²) in [6.07, 6.45) is 0.844. The van der Waals surface area contributed by atoms with Gasteiger partial charge in [0.2, 0.25) is 5.91 Å². The lowest BCUT2D eigenvalue weighted by Crippen LogP contribution is -2.67. The van der Waals surface area contributed by atoms with Gasteiger partial charge >= 0.3 is 0 Å². The van der Waals surface area contributed by atoms with Crippen LogP contribution in [0.3, 0.4) is 0 Å². The fraction of sp³-hybridized carbons (Fsp3) is 0.917. The molecule has 2 atom stereocenters. The van der Waals surface area contributed by atoms with E-state index in [2.05, 4.69) is 0 Å². The van der Waals surface area contributed by atoms with Crippen LogP contribution in [0.1, 0.15) is 27.2 Å². The summed E-state index contributed by atoms with van der Waals surface area (Å²) in [5.41, 5.74) is -0.668. The number of carbonyl (C=O) groups is 1. The number of nitrogens with zero attached hydrogens (tertiary/aromatic N) is 1. The van der Waals surface area contributed by atoms with Crippen molar-refractivity contribution in [3.05, 3.63) is 0 Å². The van der Waals surface area contributed by atoms with Crippen LogP contribution in [0, 0.1) is 11.8 Å². The second kappa shape index (κ2) is 4.00. The average Bonchev–Trinajstić information content (AvgIpc) is 2.58. The molecule has 0 saturated carbocycles. The highest BCUT2D eigenvalue weighted by molar-refractivity contribution is 5.80. The largest absolute Gasteiger partial charge is 0.386 e. The van der Waals surface area contributed by atoms with Crippen molar-refractivity contribution in [1.29, 1.82) is 0 Å². The standard InChI is InChI=1S/C12H21NO3/c1-8(2)12(15)6-13(7-12)11(14)10-4-5-16-9(10)3/h8-10,15H,4-7H2,1-3H3. The van der Waals surface area contributed by atoms with Gasteiger partial charge in [-0.25, -0.2) is 0 Å². The third kappa shape index (κ3) is 1.84. The first-order valence-electron chi connectivity index (χ1n) is 6.07. The Morgan fingerprint density at radius 2 is 2.12 bits per heavy atom. The fourth-order valence-electron chi connectivity index (χ4n) is 2.43. The van der Waals surface area contributed by atoms with Gasteiger partial charge in [0.15, 0.2) is 0 Å². The molecule has 2 rings (SSSR count). The molecule has 0 aromatic heterocycles. The lowest BCUT2D eigenvalue weighted by Gasteiger charge is -2.49. The van der Waals surface area contributed by atoms with Crippen LogP contribution in [0.4, 0.5) is 0 Å². The Kier molecular flexibility index (Phi) is 2.97. The summed E-state index contributed by atoms with van der Waals surface area (Å²) in [6.45, 7) is 7.57. The van der Waals surface area contributed by atoms with E-state index in [0.717, 1.165) is 6.42 Å². The van der Waals surface area contributed by atoms with Gasteiger partial charge in [-0.1, -0.05) is 13.8 Å². The number of carbonyl (C=O) groups excluding carboxylic acids is 1. The molecule has 0 bridgehead atoms. The predicted molar refractivity (Wildman–Crippen MR) is 59.9 cm³/mol. The van der Waals surface area contributed by atoms with Gasteiger partial charge in [-0.2, -0.15) is 0 Å². The molecule has 0 aromatic rings. The van der Waals surface area contributed by atoms with Gasteiger partial charge in [0.1, 0.15) is 5.60 Å². The number of β-amino-alcohol motifs (C(OH)–C–C–N with tert-alkyl or cyclic N) is 1. The van der Waals surface area contributed by atoms with Crippen molar-refractivity contribution in [1.82, 2.24) is 4.90 Å². The molecule has 0 aliphatic carbocycles. The Bertz CT molecular complexity index is 284. The van der Waals surface area contributed by atoms with Gasteiger partial charge in [0.25, 0.3) is 0 Å². The molecular formula is C12H21NO3. The predicted octanol–water partition coefficient (Wildman–Crippen LogP) is 0.641. The van der Waals surface area contributed by atoms with E-state index in [1.165, 1.54) is 0 Å². The van der Waals surface area contributed by atoms with E-state index < -0.39 is 5.60 Å². The monoisotopic (exact) mass is 227 g/mol. The lowest BCUT2D eigenvalue weighted by molar-refractivity contribution is -0.168. The maximum Gasteiger partial charge on any atom is 0.228 e. The number of aliphatic hydroxyl groups is 1. The molecule has 4 heteroatoms. The van der Waals surface area contributed by atoms with Gasteiger partial charge in [0.05, 0.1) is 25.1 Å². The van der Waals surface area contributed by atoms with E-state index in [9.17, 15) is 9.90 Å². The van der Waals surface area contributed by atoms with Crippen molar-refractivity contribution < 1.29 is 14.6 Å². The first kappa shape index (κ1) is 11.9. The van der Waals surface area contributed by atoms with Crippen molar-refractivity contribution in [2.75, 3.05) is 19.7 Å². The third-order valence-electron chi connectivity index (χ3n) is 4.01. The molecule has 0 spiro atoms. The van der Waals surface area contributed by atoms with Crippen LogP contribution in [-0.4, -0.2) is 47.3 Å². The van der Waals surface area contributed by atoms with E-state index in [1.54, 1.807) is 4.90 Å². The van der Waals surface area contributed by atoms with E-state index >= 15 is 0 Å². The summed E-state index contributed by atoms with van der Waals surface area (Å²) in [5, 5.41) is 10.1. The van der Waals surface area contributed by atoms with Crippen molar-refractivity contribution in [2.45, 2.75) is 38.9 Å². The Balaban J connectivity index is 1.90. The van der Waals surface area contributed by atoms with Crippen molar-refractivity contribution in [3.63, 3.8) is 0 Å². The summed E-state index contributed by atoms with van der Waals surface area (Å²) in [7, 11) is 0. The Morgan fingerprint density at radius 1 is 1.50 bits per heavy atom. The minimum absolute atomic E-state index is 0.00304. The van der Waals surface area contributed by atoms with E-state index in [1.807, 2.05) is 20.8 Å². The van der Waals surface area contributed by atoms with Gasteiger partial charge < -0.3 is 14.7 Å². The van der Waals surface area contributed by atoms with E-state index in [4.69, 9.17) is 4.74 Å². The number of hydrogen-bond donors (Lipinski definition) is 1. The first-order valence-corrected chi connectivity index (χ1v) is 6.07. The van der Waals surface area contributed by atoms with Crippen LogP contribution in [0.5, 0.6) is 0 Å². The highest BCUT2D eigenvalue weighted by atomic mass is 16.5. The molecule has 1 N–H and O–H groups in total. The fourth-order valence-corrected chi connectivity index (χ4v) is 2.43. The Hall–Kier alpha value is -0.610. The molecule has 2 aliphatic heterocycles. The number of hydrogen-bond acceptors (Lipinski definition) is 3. The first-order chi connectivity index (χ1) is 7.44. The van der Waals surface area contributed by atoms with Crippen LogP contribution in [0.2, 0.25) is 0 Å². The molecule has 0 aromatic carbocycles. The number of likely N-dealkylation sites (tertiary alicyclic amines) is 1. The summed E-state index contributed by atoms with van der Waals surface area (Å²) in [6, 6.07) is 0. The number of rotatable bonds is 2. The Labute approximate surface area is 96.6 Å². The molecule has 2 fully saturated rings. The summed E-state index contributed by atoms with van der Waals surface area (Å²) in [4.78, 5) is 13.8. The SMILES string of the molecule is CC1OCCC1C(=O)N1CC(O)(C(C)C)C1. The van der Waals surface area contributed by atoms with Crippen molar-refractivity contribution in [2.24, 2.45) is 11.8 Å². The molecule has 2 aliphatic rings. The molecule has 92 valence electrons. The molecular weight excluding hydrogens is 206 g/mol. The zero-order valence-electron chi connectivity index (χ0n) is 10.3.